The van der Waals surface area contributed by atoms with Crippen molar-refractivity contribution in [2.45, 2.75) is 17.2 Å². The molecule has 0 saturated carbocycles. The Balaban J connectivity index is 1.90. The lowest BCUT2D eigenvalue weighted by molar-refractivity contribution is 0.922. The average Bonchev–Trinajstić information content (AvgIpc) is 2.54. The molecule has 0 aliphatic rings. The van der Waals surface area contributed by atoms with Gasteiger partial charge >= 0.3 is 0 Å². The second kappa shape index (κ2) is 6.74. The summed E-state index contributed by atoms with van der Waals surface area (Å²) in [6, 6.07) is 21.0. The maximum Gasteiger partial charge on any atom is 0.100 e. The van der Waals surface area contributed by atoms with Crippen molar-refractivity contribution in [2.75, 3.05) is 6.54 Å². The van der Waals surface area contributed by atoms with Crippen molar-refractivity contribution in [3.63, 3.8) is 0 Å². The lowest BCUT2D eigenvalue weighted by Gasteiger charge is -2.10. The van der Waals surface area contributed by atoms with Crippen molar-refractivity contribution < 1.29 is 0 Å². The Bertz CT molecular complexity index is 726. The van der Waals surface area contributed by atoms with Crippen molar-refractivity contribution in [1.82, 2.24) is 4.98 Å². The zero-order valence-electron chi connectivity index (χ0n) is 11.8. The van der Waals surface area contributed by atoms with Gasteiger partial charge in [-0.25, -0.2) is 4.98 Å². The largest absolute Gasteiger partial charge is 0.330 e. The molecule has 0 saturated heterocycles. The highest BCUT2D eigenvalue weighted by Gasteiger charge is 2.07. The molecule has 2 N–H and O–H groups in total. The van der Waals surface area contributed by atoms with Gasteiger partial charge in [0.2, 0.25) is 0 Å². The third-order valence-corrected chi connectivity index (χ3v) is 4.50. The van der Waals surface area contributed by atoms with E-state index in [2.05, 4.69) is 42.5 Å². The summed E-state index contributed by atoms with van der Waals surface area (Å²) >= 11 is 1.79. The van der Waals surface area contributed by atoms with Crippen LogP contribution in [0.15, 0.2) is 65.7 Å². The molecule has 0 unspecified atom stereocenters. The van der Waals surface area contributed by atoms with E-state index in [9.17, 15) is 0 Å². The van der Waals surface area contributed by atoms with Gasteiger partial charge in [0.15, 0.2) is 0 Å². The Labute approximate surface area is 129 Å². The van der Waals surface area contributed by atoms with Gasteiger partial charge in [0.1, 0.15) is 5.03 Å². The van der Waals surface area contributed by atoms with Crippen molar-refractivity contribution in [1.29, 1.82) is 0 Å². The number of hydrogen-bond acceptors (Lipinski definition) is 3. The first-order chi connectivity index (χ1) is 10.4. The Hall–Kier alpha value is -1.84. The minimum atomic E-state index is 0.652. The van der Waals surface area contributed by atoms with Gasteiger partial charge in [-0.1, -0.05) is 48.5 Å². The zero-order valence-corrected chi connectivity index (χ0v) is 12.6. The van der Waals surface area contributed by atoms with Gasteiger partial charge in [-0.2, -0.15) is 0 Å². The van der Waals surface area contributed by atoms with E-state index in [-0.39, 0.29) is 0 Å². The average molecular weight is 294 g/mol. The van der Waals surface area contributed by atoms with Gasteiger partial charge in [-0.3, -0.25) is 0 Å². The zero-order chi connectivity index (χ0) is 14.5. The van der Waals surface area contributed by atoms with Crippen molar-refractivity contribution in [3.8, 4) is 0 Å². The highest BCUT2D eigenvalue weighted by Crippen LogP contribution is 2.27. The molecule has 1 heterocycles. The molecule has 0 aliphatic heterocycles. The SMILES string of the molecule is NCCc1cc2ccccc2nc1SCc1ccccc1. The van der Waals surface area contributed by atoms with Crippen LogP contribution < -0.4 is 5.73 Å². The summed E-state index contributed by atoms with van der Waals surface area (Å²) in [4.78, 5) is 4.82. The Morgan fingerprint density at radius 2 is 1.71 bits per heavy atom. The van der Waals surface area contributed by atoms with E-state index in [1.807, 2.05) is 18.2 Å². The first-order valence-electron chi connectivity index (χ1n) is 7.12. The lowest BCUT2D eigenvalue weighted by atomic mass is 10.1. The Morgan fingerprint density at radius 1 is 0.952 bits per heavy atom. The van der Waals surface area contributed by atoms with Gasteiger partial charge in [0.05, 0.1) is 5.52 Å². The minimum absolute atomic E-state index is 0.652. The molecular formula is C18H18N2S. The standard InChI is InChI=1S/C18H18N2S/c19-11-10-16-12-15-8-4-5-9-17(15)20-18(16)21-13-14-6-2-1-3-7-14/h1-9,12H,10-11,13,19H2. The van der Waals surface area contributed by atoms with E-state index in [0.717, 1.165) is 22.7 Å². The van der Waals surface area contributed by atoms with E-state index in [4.69, 9.17) is 10.7 Å². The van der Waals surface area contributed by atoms with Crippen LogP contribution in [0.1, 0.15) is 11.1 Å². The van der Waals surface area contributed by atoms with Crippen LogP contribution in [0.4, 0.5) is 0 Å². The summed E-state index contributed by atoms with van der Waals surface area (Å²) in [5.74, 6) is 0.934. The summed E-state index contributed by atoms with van der Waals surface area (Å²) < 4.78 is 0. The molecule has 3 aromatic rings. The van der Waals surface area contributed by atoms with Crippen LogP contribution in [-0.2, 0) is 12.2 Å². The molecule has 0 spiro atoms. The molecule has 0 amide bonds. The smallest absolute Gasteiger partial charge is 0.100 e. The second-order valence-electron chi connectivity index (χ2n) is 4.96. The number of aromatic nitrogens is 1. The predicted octanol–water partition coefficient (Wildman–Crippen LogP) is 4.03. The number of fused-ring (bicyclic) bond motifs is 1. The van der Waals surface area contributed by atoms with Crippen LogP contribution in [0, 0.1) is 0 Å². The molecular weight excluding hydrogens is 276 g/mol. The van der Waals surface area contributed by atoms with Crippen LogP contribution in [0.2, 0.25) is 0 Å². The van der Waals surface area contributed by atoms with Gasteiger partial charge in [-0.15, -0.1) is 11.8 Å². The van der Waals surface area contributed by atoms with E-state index >= 15 is 0 Å². The number of nitrogens with two attached hydrogens (primary N) is 1. The molecule has 3 heteroatoms. The molecule has 2 nitrogen and oxygen atoms in total. The van der Waals surface area contributed by atoms with Crippen LogP contribution in [0.5, 0.6) is 0 Å². The Morgan fingerprint density at radius 3 is 2.52 bits per heavy atom. The quantitative estimate of drug-likeness (QED) is 0.722. The summed E-state index contributed by atoms with van der Waals surface area (Å²) in [6.07, 6.45) is 0.870. The Kier molecular flexibility index (Phi) is 4.53. The summed E-state index contributed by atoms with van der Waals surface area (Å²) in [7, 11) is 0. The molecule has 3 rings (SSSR count). The summed E-state index contributed by atoms with van der Waals surface area (Å²) in [6.45, 7) is 0.652. The van der Waals surface area contributed by atoms with Crippen molar-refractivity contribution in [2.24, 2.45) is 5.73 Å². The van der Waals surface area contributed by atoms with E-state index in [1.54, 1.807) is 11.8 Å². The molecule has 0 bridgehead atoms. The molecule has 1 aromatic heterocycles. The van der Waals surface area contributed by atoms with Crippen LogP contribution in [0.25, 0.3) is 10.9 Å². The second-order valence-corrected chi connectivity index (χ2v) is 5.92. The van der Waals surface area contributed by atoms with Crippen LogP contribution >= 0.6 is 11.8 Å². The molecule has 0 aliphatic carbocycles. The fourth-order valence-electron chi connectivity index (χ4n) is 2.33. The lowest BCUT2D eigenvalue weighted by Crippen LogP contribution is -2.05. The highest BCUT2D eigenvalue weighted by atomic mass is 32.2. The molecule has 21 heavy (non-hydrogen) atoms. The van der Waals surface area contributed by atoms with Crippen LogP contribution in [0.3, 0.4) is 0 Å². The first-order valence-corrected chi connectivity index (χ1v) is 8.11. The summed E-state index contributed by atoms with van der Waals surface area (Å²) in [5.41, 5.74) is 9.36. The van der Waals surface area contributed by atoms with Crippen LogP contribution in [-0.4, -0.2) is 11.5 Å². The predicted molar refractivity (Wildman–Crippen MR) is 90.5 cm³/mol. The third kappa shape index (κ3) is 3.43. The van der Waals surface area contributed by atoms with E-state index < -0.39 is 0 Å². The normalized spacial score (nSPS) is 10.9. The number of benzene rings is 2. The van der Waals surface area contributed by atoms with Gasteiger partial charge in [0.25, 0.3) is 0 Å². The van der Waals surface area contributed by atoms with Gasteiger partial charge < -0.3 is 5.73 Å². The van der Waals surface area contributed by atoms with Crippen molar-refractivity contribution in [3.05, 3.63) is 71.8 Å². The third-order valence-electron chi connectivity index (χ3n) is 3.40. The summed E-state index contributed by atoms with van der Waals surface area (Å²) in [5, 5.41) is 2.29. The van der Waals surface area contributed by atoms with E-state index in [0.29, 0.717) is 6.54 Å². The molecule has 0 fully saturated rings. The molecule has 106 valence electrons. The number of pyridine rings is 1. The first kappa shape index (κ1) is 14.1. The van der Waals surface area contributed by atoms with Crippen molar-refractivity contribution >= 4 is 22.7 Å². The topological polar surface area (TPSA) is 38.9 Å². The molecule has 2 aromatic carbocycles. The minimum Gasteiger partial charge on any atom is -0.330 e. The monoisotopic (exact) mass is 294 g/mol. The fourth-order valence-corrected chi connectivity index (χ4v) is 3.33. The van der Waals surface area contributed by atoms with Gasteiger partial charge in [-0.05, 0) is 36.2 Å². The maximum atomic E-state index is 5.74. The van der Waals surface area contributed by atoms with E-state index in [1.165, 1.54) is 16.5 Å². The number of rotatable bonds is 5. The van der Waals surface area contributed by atoms with Gasteiger partial charge in [0, 0.05) is 11.1 Å². The highest BCUT2D eigenvalue weighted by molar-refractivity contribution is 7.98. The molecule has 0 radical (unpaired) electrons. The number of thioether (sulfide) groups is 1. The number of nitrogens with zero attached hydrogens (tertiary/aromatic N) is 1. The molecule has 0 atom stereocenters. The number of para-hydroxylation sites is 1. The number of hydrogen-bond donors (Lipinski definition) is 1. The maximum absolute atomic E-state index is 5.74. The fraction of sp³-hybridized carbons (Fsp3) is 0.167.